The first kappa shape index (κ1) is 20.4. The highest BCUT2D eigenvalue weighted by Crippen LogP contribution is 2.37. The van der Waals surface area contributed by atoms with E-state index in [1.807, 2.05) is 6.07 Å². The Morgan fingerprint density at radius 2 is 1.90 bits per heavy atom. The number of ketones is 1. The van der Waals surface area contributed by atoms with Gasteiger partial charge in [-0.15, -0.1) is 0 Å². The second-order valence-corrected chi connectivity index (χ2v) is 6.70. The lowest BCUT2D eigenvalue weighted by Gasteiger charge is -2.11. The number of rotatable bonds is 7. The Balaban J connectivity index is 1.71. The Bertz CT molecular complexity index is 960. The molecule has 10 heteroatoms. The Kier molecular flexibility index (Phi) is 6.15. The van der Waals surface area contributed by atoms with Gasteiger partial charge in [-0.2, -0.15) is 0 Å². The van der Waals surface area contributed by atoms with Gasteiger partial charge in [-0.05, 0) is 17.7 Å². The standard InChI is InChI=1S/C19H16N2O7S/c1-20-17-16(28-29-19(24)13-5-3-2-4-6-13)14(22)15(27-17)11-7-9-12(10-8-11)18(23)21(25)26/h2-10,15,19-20,24H,1H3. The molecule has 0 bridgehead atoms. The Morgan fingerprint density at radius 1 is 1.24 bits per heavy atom. The van der Waals surface area contributed by atoms with Gasteiger partial charge in [0.1, 0.15) is 4.92 Å². The number of ether oxygens (including phenoxy) is 1. The predicted molar refractivity (Wildman–Crippen MR) is 103 cm³/mol. The molecule has 0 saturated heterocycles. The van der Waals surface area contributed by atoms with Crippen LogP contribution in [0.25, 0.3) is 0 Å². The van der Waals surface area contributed by atoms with E-state index in [1.54, 1.807) is 31.3 Å². The summed E-state index contributed by atoms with van der Waals surface area (Å²) >= 11 is 0.694. The smallest absolute Gasteiger partial charge is 0.460 e. The summed E-state index contributed by atoms with van der Waals surface area (Å²) in [5.41, 5.74) is -0.113. The third kappa shape index (κ3) is 4.39. The summed E-state index contributed by atoms with van der Waals surface area (Å²) in [6.45, 7) is 0. The minimum Gasteiger partial charge on any atom is -0.460 e. The van der Waals surface area contributed by atoms with Crippen LogP contribution in [0.5, 0.6) is 0 Å². The number of benzene rings is 2. The molecule has 0 fully saturated rings. The lowest BCUT2D eigenvalue weighted by molar-refractivity contribution is -0.375. The van der Waals surface area contributed by atoms with Crippen LogP contribution >= 0.6 is 12.0 Å². The molecule has 2 atom stereocenters. The van der Waals surface area contributed by atoms with Gasteiger partial charge in [0.05, 0.1) is 17.6 Å². The fourth-order valence-electron chi connectivity index (χ4n) is 2.60. The van der Waals surface area contributed by atoms with E-state index in [2.05, 4.69) is 5.32 Å². The van der Waals surface area contributed by atoms with Gasteiger partial charge in [0.15, 0.2) is 11.5 Å². The summed E-state index contributed by atoms with van der Waals surface area (Å²) in [5, 5.41) is 23.5. The average molecular weight is 416 g/mol. The van der Waals surface area contributed by atoms with Crippen molar-refractivity contribution in [1.29, 1.82) is 0 Å². The topological polar surface area (TPSA) is 128 Å². The van der Waals surface area contributed by atoms with Gasteiger partial charge >= 0.3 is 5.91 Å². The molecular formula is C19H16N2O7S. The molecule has 0 aliphatic carbocycles. The summed E-state index contributed by atoms with van der Waals surface area (Å²) < 4.78 is 11.0. The molecule has 0 spiro atoms. The predicted octanol–water partition coefficient (Wildman–Crippen LogP) is 2.49. The first-order valence-electron chi connectivity index (χ1n) is 8.40. The highest BCUT2D eigenvalue weighted by Gasteiger charge is 2.39. The molecule has 3 rings (SSSR count). The monoisotopic (exact) mass is 416 g/mol. The van der Waals surface area contributed by atoms with Crippen LogP contribution in [0.3, 0.4) is 0 Å². The van der Waals surface area contributed by atoms with E-state index < -0.39 is 28.2 Å². The zero-order valence-electron chi connectivity index (χ0n) is 15.1. The summed E-state index contributed by atoms with van der Waals surface area (Å²) in [6.07, 6.45) is -1.04. The second-order valence-electron chi connectivity index (χ2n) is 5.90. The number of carbonyl (C=O) groups is 2. The van der Waals surface area contributed by atoms with Crippen LogP contribution in [0.2, 0.25) is 0 Å². The number of hydrogen-bond acceptors (Lipinski definition) is 9. The molecule has 1 aliphatic heterocycles. The summed E-state index contributed by atoms with van der Waals surface area (Å²) in [5.74, 6) is -1.73. The first-order valence-corrected chi connectivity index (χ1v) is 9.20. The lowest BCUT2D eigenvalue weighted by Crippen LogP contribution is -2.13. The number of aliphatic hydroxyl groups excluding tert-OH is 1. The van der Waals surface area contributed by atoms with Crippen molar-refractivity contribution in [3.63, 3.8) is 0 Å². The van der Waals surface area contributed by atoms with Crippen molar-refractivity contribution < 1.29 is 28.5 Å². The van der Waals surface area contributed by atoms with Crippen LogP contribution in [-0.2, 0) is 13.7 Å². The fraction of sp³-hybridized carbons (Fsp3) is 0.158. The van der Waals surface area contributed by atoms with Crippen LogP contribution in [0.1, 0.15) is 33.0 Å². The summed E-state index contributed by atoms with van der Waals surface area (Å²) in [6, 6.07) is 14.1. The number of amides is 1. The molecule has 2 aromatic rings. The lowest BCUT2D eigenvalue weighted by atomic mass is 10.0. The van der Waals surface area contributed by atoms with Gasteiger partial charge in [-0.25, -0.2) is 4.79 Å². The highest BCUT2D eigenvalue weighted by atomic mass is 32.2. The molecule has 2 unspecified atom stereocenters. The Hall–Kier alpha value is -3.37. The summed E-state index contributed by atoms with van der Waals surface area (Å²) in [7, 11) is 1.55. The zero-order valence-corrected chi connectivity index (χ0v) is 15.9. The SMILES string of the molecule is CNC1=C(OSC(O)c2ccccc2)C(=O)C(c2ccc(C(=O)[N+](=O)[O-])cc2)O1. The van der Waals surface area contributed by atoms with E-state index in [9.17, 15) is 24.8 Å². The maximum absolute atomic E-state index is 12.7. The number of carbonyl (C=O) groups excluding carboxylic acids is 2. The first-order chi connectivity index (χ1) is 13.9. The Morgan fingerprint density at radius 3 is 2.48 bits per heavy atom. The van der Waals surface area contributed by atoms with Gasteiger partial charge < -0.3 is 19.3 Å². The molecule has 0 aromatic heterocycles. The van der Waals surface area contributed by atoms with Crippen LogP contribution in [-0.4, -0.2) is 28.8 Å². The van der Waals surface area contributed by atoms with E-state index in [4.69, 9.17) is 8.92 Å². The largest absolute Gasteiger partial charge is 0.476 e. The maximum Gasteiger partial charge on any atom is 0.476 e. The number of hydrogen-bond donors (Lipinski definition) is 2. The highest BCUT2D eigenvalue weighted by molar-refractivity contribution is 7.94. The third-order valence-electron chi connectivity index (χ3n) is 4.06. The minimum atomic E-state index is -1.24. The number of aliphatic hydroxyl groups is 1. The molecule has 29 heavy (non-hydrogen) atoms. The molecule has 0 saturated carbocycles. The third-order valence-corrected chi connectivity index (χ3v) is 4.78. The van der Waals surface area contributed by atoms with Gasteiger partial charge in [0.25, 0.3) is 0 Å². The number of nitrogens with one attached hydrogen (secondary N) is 1. The van der Waals surface area contributed by atoms with Gasteiger partial charge in [-0.1, -0.05) is 42.5 Å². The van der Waals surface area contributed by atoms with Crippen molar-refractivity contribution in [2.75, 3.05) is 7.05 Å². The number of nitrogens with zero attached hydrogens (tertiary/aromatic N) is 1. The van der Waals surface area contributed by atoms with E-state index in [0.717, 1.165) is 0 Å². The van der Waals surface area contributed by atoms with Crippen molar-refractivity contribution >= 4 is 23.7 Å². The molecular weight excluding hydrogens is 400 g/mol. The van der Waals surface area contributed by atoms with Crippen LogP contribution in [0.4, 0.5) is 0 Å². The molecule has 1 heterocycles. The van der Waals surface area contributed by atoms with E-state index in [1.165, 1.54) is 24.3 Å². The van der Waals surface area contributed by atoms with Crippen molar-refractivity contribution in [3.8, 4) is 0 Å². The average Bonchev–Trinajstić information content (AvgIpc) is 3.07. The number of nitro groups is 1. The van der Waals surface area contributed by atoms with Crippen LogP contribution in [0.15, 0.2) is 66.2 Å². The fourth-order valence-corrected chi connectivity index (χ4v) is 3.21. The van der Waals surface area contributed by atoms with Crippen molar-refractivity contribution in [2.45, 2.75) is 11.5 Å². The quantitative estimate of drug-likeness (QED) is 0.303. The van der Waals surface area contributed by atoms with Gasteiger partial charge in [0, 0.05) is 12.6 Å². The molecule has 9 nitrogen and oxygen atoms in total. The van der Waals surface area contributed by atoms with E-state index >= 15 is 0 Å². The van der Waals surface area contributed by atoms with Crippen LogP contribution < -0.4 is 5.32 Å². The molecule has 1 amide bonds. The molecule has 2 N–H and O–H groups in total. The van der Waals surface area contributed by atoms with Crippen LogP contribution in [0, 0.1) is 10.1 Å². The Labute approximate surface area is 169 Å². The van der Waals surface area contributed by atoms with E-state index in [-0.39, 0.29) is 17.2 Å². The van der Waals surface area contributed by atoms with Crippen molar-refractivity contribution in [2.24, 2.45) is 0 Å². The van der Waals surface area contributed by atoms with E-state index in [0.29, 0.717) is 23.2 Å². The second kappa shape index (κ2) is 8.76. The van der Waals surface area contributed by atoms with Gasteiger partial charge in [0.2, 0.25) is 17.4 Å². The summed E-state index contributed by atoms with van der Waals surface area (Å²) in [4.78, 5) is 33.7. The van der Waals surface area contributed by atoms with Crippen molar-refractivity contribution in [3.05, 3.63) is 93.0 Å². The molecule has 0 radical (unpaired) electrons. The maximum atomic E-state index is 12.7. The molecule has 2 aromatic carbocycles. The molecule has 150 valence electrons. The zero-order chi connectivity index (χ0) is 21.0. The van der Waals surface area contributed by atoms with Crippen molar-refractivity contribution in [1.82, 2.24) is 5.32 Å². The van der Waals surface area contributed by atoms with Gasteiger partial charge in [-0.3, -0.25) is 14.9 Å². The minimum absolute atomic E-state index is 0.0945. The number of Topliss-reactive ketones (excluding diaryl/α,β-unsaturated/α-hetero) is 1. The normalized spacial score (nSPS) is 16.9. The molecule has 1 aliphatic rings.